The van der Waals surface area contributed by atoms with E-state index in [2.05, 4.69) is 24.5 Å². The fourth-order valence-electron chi connectivity index (χ4n) is 1.68. The average molecular weight is 200 g/mol. The molecule has 3 heteroatoms. The minimum Gasteiger partial charge on any atom is -0.383 e. The Morgan fingerprint density at radius 2 is 1.86 bits per heavy atom. The third-order valence-electron chi connectivity index (χ3n) is 3.07. The second kappa shape index (κ2) is 5.69. The Bertz CT molecular complexity index is 159. The minimum absolute atomic E-state index is 0.608. The molecule has 1 unspecified atom stereocenters. The Hall–Kier alpha value is -0.120. The summed E-state index contributed by atoms with van der Waals surface area (Å²) in [6.07, 6.45) is 1.39. The highest BCUT2D eigenvalue weighted by Gasteiger charge is 2.44. The second-order valence-electron chi connectivity index (χ2n) is 4.84. The van der Waals surface area contributed by atoms with Crippen molar-refractivity contribution in [2.45, 2.75) is 20.3 Å². The molecule has 84 valence electrons. The summed E-state index contributed by atoms with van der Waals surface area (Å²) in [6, 6.07) is 0. The van der Waals surface area contributed by atoms with E-state index < -0.39 is 0 Å². The summed E-state index contributed by atoms with van der Waals surface area (Å²) in [5, 5.41) is 6.79. The van der Waals surface area contributed by atoms with Crippen LogP contribution in [0.2, 0.25) is 0 Å². The van der Waals surface area contributed by atoms with Crippen LogP contribution >= 0.6 is 0 Å². The molecule has 0 aromatic rings. The van der Waals surface area contributed by atoms with Gasteiger partial charge < -0.3 is 15.4 Å². The van der Waals surface area contributed by atoms with Crippen molar-refractivity contribution in [3.8, 4) is 0 Å². The van der Waals surface area contributed by atoms with Crippen molar-refractivity contribution in [2.24, 2.45) is 11.3 Å². The van der Waals surface area contributed by atoms with E-state index in [9.17, 15) is 0 Å². The smallest absolute Gasteiger partial charge is 0.0587 e. The molecule has 0 saturated heterocycles. The van der Waals surface area contributed by atoms with Gasteiger partial charge in [0, 0.05) is 26.7 Å². The zero-order valence-electron chi connectivity index (χ0n) is 9.73. The molecule has 0 amide bonds. The third kappa shape index (κ3) is 4.40. The maximum Gasteiger partial charge on any atom is 0.0587 e. The van der Waals surface area contributed by atoms with E-state index >= 15 is 0 Å². The zero-order chi connectivity index (χ0) is 10.4. The summed E-state index contributed by atoms with van der Waals surface area (Å²) >= 11 is 0. The van der Waals surface area contributed by atoms with Crippen molar-refractivity contribution in [1.29, 1.82) is 0 Å². The molecule has 2 N–H and O–H groups in total. The summed E-state index contributed by atoms with van der Waals surface area (Å²) in [5.41, 5.74) is 0.608. The SMILES string of the molecule is COCCNCCNCC1CC1(C)C. The van der Waals surface area contributed by atoms with Gasteiger partial charge in [-0.05, 0) is 24.3 Å². The van der Waals surface area contributed by atoms with Crippen molar-refractivity contribution in [3.05, 3.63) is 0 Å². The van der Waals surface area contributed by atoms with E-state index in [4.69, 9.17) is 4.74 Å². The first-order chi connectivity index (χ1) is 6.67. The van der Waals surface area contributed by atoms with Gasteiger partial charge in [-0.25, -0.2) is 0 Å². The van der Waals surface area contributed by atoms with Gasteiger partial charge in [0.05, 0.1) is 6.61 Å². The number of methoxy groups -OCH3 is 1. The van der Waals surface area contributed by atoms with Crippen LogP contribution in [0.3, 0.4) is 0 Å². The summed E-state index contributed by atoms with van der Waals surface area (Å²) < 4.78 is 4.94. The van der Waals surface area contributed by atoms with Crippen molar-refractivity contribution >= 4 is 0 Å². The van der Waals surface area contributed by atoms with Crippen LogP contribution in [0, 0.1) is 11.3 Å². The molecule has 1 fully saturated rings. The van der Waals surface area contributed by atoms with Crippen molar-refractivity contribution < 1.29 is 4.74 Å². The molecule has 0 heterocycles. The Labute approximate surface area is 87.6 Å². The zero-order valence-corrected chi connectivity index (χ0v) is 9.73. The van der Waals surface area contributed by atoms with Gasteiger partial charge in [0.2, 0.25) is 0 Å². The first kappa shape index (κ1) is 12.0. The summed E-state index contributed by atoms with van der Waals surface area (Å²) in [5.74, 6) is 0.904. The molecule has 1 saturated carbocycles. The standard InChI is InChI=1S/C11H24N2O/c1-11(2)8-10(11)9-13-5-4-12-6-7-14-3/h10,12-13H,4-9H2,1-3H3. The van der Waals surface area contributed by atoms with Gasteiger partial charge in [0.15, 0.2) is 0 Å². The maximum absolute atomic E-state index is 4.94. The number of nitrogens with one attached hydrogen (secondary N) is 2. The maximum atomic E-state index is 4.94. The van der Waals surface area contributed by atoms with E-state index in [-0.39, 0.29) is 0 Å². The largest absolute Gasteiger partial charge is 0.383 e. The van der Waals surface area contributed by atoms with Crippen molar-refractivity contribution in [1.82, 2.24) is 10.6 Å². The van der Waals surface area contributed by atoms with Crippen LogP contribution < -0.4 is 10.6 Å². The van der Waals surface area contributed by atoms with Crippen LogP contribution in [-0.2, 0) is 4.74 Å². The predicted molar refractivity (Wildman–Crippen MR) is 59.5 cm³/mol. The third-order valence-corrected chi connectivity index (χ3v) is 3.07. The predicted octanol–water partition coefficient (Wildman–Crippen LogP) is 0.858. The first-order valence-corrected chi connectivity index (χ1v) is 5.57. The Balaban J connectivity index is 1.77. The average Bonchev–Trinajstić information content (AvgIpc) is 2.73. The summed E-state index contributed by atoms with van der Waals surface area (Å²) in [4.78, 5) is 0. The summed E-state index contributed by atoms with van der Waals surface area (Å²) in [6.45, 7) is 9.72. The minimum atomic E-state index is 0.608. The fraction of sp³-hybridized carbons (Fsp3) is 1.00. The van der Waals surface area contributed by atoms with Gasteiger partial charge in [-0.1, -0.05) is 13.8 Å². The lowest BCUT2D eigenvalue weighted by molar-refractivity contribution is 0.199. The summed E-state index contributed by atoms with van der Waals surface area (Å²) in [7, 11) is 1.73. The van der Waals surface area contributed by atoms with Crippen LogP contribution in [0.5, 0.6) is 0 Å². The lowest BCUT2D eigenvalue weighted by Gasteiger charge is -2.07. The molecule has 3 nitrogen and oxygen atoms in total. The molecule has 0 spiro atoms. The molecule has 0 bridgehead atoms. The van der Waals surface area contributed by atoms with E-state index in [1.54, 1.807) is 7.11 Å². The van der Waals surface area contributed by atoms with Crippen LogP contribution in [-0.4, -0.2) is 39.9 Å². The molecule has 0 aliphatic heterocycles. The normalized spacial score (nSPS) is 23.8. The number of hydrogen-bond donors (Lipinski definition) is 2. The van der Waals surface area contributed by atoms with Gasteiger partial charge in [-0.2, -0.15) is 0 Å². The highest BCUT2D eigenvalue weighted by atomic mass is 16.5. The van der Waals surface area contributed by atoms with E-state index in [0.717, 1.165) is 32.2 Å². The van der Waals surface area contributed by atoms with Crippen LogP contribution in [0.15, 0.2) is 0 Å². The van der Waals surface area contributed by atoms with Crippen LogP contribution in [0.4, 0.5) is 0 Å². The molecule has 1 atom stereocenters. The van der Waals surface area contributed by atoms with Crippen molar-refractivity contribution in [2.75, 3.05) is 39.9 Å². The molecular formula is C11H24N2O. The van der Waals surface area contributed by atoms with Gasteiger partial charge in [0.1, 0.15) is 0 Å². The molecule has 0 radical (unpaired) electrons. The Morgan fingerprint density at radius 3 is 2.43 bits per heavy atom. The fourth-order valence-corrected chi connectivity index (χ4v) is 1.68. The number of ether oxygens (including phenoxy) is 1. The molecule has 0 aromatic carbocycles. The highest BCUT2D eigenvalue weighted by molar-refractivity contribution is 4.95. The van der Waals surface area contributed by atoms with E-state index in [1.807, 2.05) is 0 Å². The van der Waals surface area contributed by atoms with Gasteiger partial charge in [-0.3, -0.25) is 0 Å². The monoisotopic (exact) mass is 200 g/mol. The Morgan fingerprint density at radius 1 is 1.21 bits per heavy atom. The Kier molecular flexibility index (Phi) is 4.85. The van der Waals surface area contributed by atoms with Crippen LogP contribution in [0.25, 0.3) is 0 Å². The lowest BCUT2D eigenvalue weighted by Crippen LogP contribution is -2.30. The quantitative estimate of drug-likeness (QED) is 0.570. The lowest BCUT2D eigenvalue weighted by atomic mass is 10.1. The van der Waals surface area contributed by atoms with Gasteiger partial charge in [-0.15, -0.1) is 0 Å². The molecule has 14 heavy (non-hydrogen) atoms. The van der Waals surface area contributed by atoms with Crippen LogP contribution in [0.1, 0.15) is 20.3 Å². The second-order valence-corrected chi connectivity index (χ2v) is 4.84. The van der Waals surface area contributed by atoms with Gasteiger partial charge >= 0.3 is 0 Å². The topological polar surface area (TPSA) is 33.3 Å². The van der Waals surface area contributed by atoms with E-state index in [0.29, 0.717) is 5.41 Å². The van der Waals surface area contributed by atoms with Gasteiger partial charge in [0.25, 0.3) is 0 Å². The molecule has 1 rings (SSSR count). The van der Waals surface area contributed by atoms with E-state index in [1.165, 1.54) is 13.0 Å². The molecule has 1 aliphatic rings. The number of rotatable bonds is 8. The molecule has 0 aromatic heterocycles. The van der Waals surface area contributed by atoms with Crippen molar-refractivity contribution in [3.63, 3.8) is 0 Å². The molecular weight excluding hydrogens is 176 g/mol. The molecule has 1 aliphatic carbocycles. The number of hydrogen-bond acceptors (Lipinski definition) is 3. The first-order valence-electron chi connectivity index (χ1n) is 5.57. The highest BCUT2D eigenvalue weighted by Crippen LogP contribution is 2.50.